The van der Waals surface area contributed by atoms with Crippen molar-refractivity contribution in [1.82, 2.24) is 15.6 Å². The maximum absolute atomic E-state index is 11.9. The van der Waals surface area contributed by atoms with Crippen molar-refractivity contribution in [1.29, 1.82) is 0 Å². The van der Waals surface area contributed by atoms with E-state index in [9.17, 15) is 19.7 Å². The van der Waals surface area contributed by atoms with Gasteiger partial charge in [0.1, 0.15) is 5.01 Å². The summed E-state index contributed by atoms with van der Waals surface area (Å²) in [5.74, 6) is -0.502. The fraction of sp³-hybridized carbons (Fsp3) is 0.389. The largest absolute Gasteiger partial charge is 0.301 e. The molecule has 11 heteroatoms. The maximum atomic E-state index is 11.9. The second kappa shape index (κ2) is 11.6. The first-order valence-corrected chi connectivity index (χ1v) is 9.98. The number of nitro benzene ring substituents is 1. The van der Waals surface area contributed by atoms with Gasteiger partial charge in [-0.15, -0.1) is 10.2 Å². The molecule has 0 fully saturated rings. The first kappa shape index (κ1) is 22.1. The van der Waals surface area contributed by atoms with Crippen LogP contribution in [-0.2, 0) is 16.0 Å². The lowest BCUT2D eigenvalue weighted by atomic mass is 10.1. The van der Waals surface area contributed by atoms with Gasteiger partial charge in [0.25, 0.3) is 5.69 Å². The molecule has 1 aromatic heterocycles. The minimum atomic E-state index is -0.492. The number of carbonyl (C=O) groups is 2. The van der Waals surface area contributed by atoms with Crippen molar-refractivity contribution in [2.45, 2.75) is 45.4 Å². The van der Waals surface area contributed by atoms with E-state index in [0.29, 0.717) is 22.1 Å². The minimum Gasteiger partial charge on any atom is -0.301 e. The summed E-state index contributed by atoms with van der Waals surface area (Å²) in [7, 11) is 0. The van der Waals surface area contributed by atoms with E-state index < -0.39 is 10.8 Å². The number of non-ortho nitro benzene ring substituents is 1. The Bertz CT molecular complexity index is 865. The van der Waals surface area contributed by atoms with Gasteiger partial charge in [0.15, 0.2) is 0 Å². The number of unbranched alkanes of at least 4 members (excludes halogenated alkanes) is 3. The highest BCUT2D eigenvalue weighted by atomic mass is 32.1. The fourth-order valence-corrected chi connectivity index (χ4v) is 3.06. The van der Waals surface area contributed by atoms with E-state index >= 15 is 0 Å². The Balaban J connectivity index is 1.75. The number of aromatic nitrogens is 2. The van der Waals surface area contributed by atoms with Crippen molar-refractivity contribution in [2.75, 3.05) is 5.32 Å². The van der Waals surface area contributed by atoms with Crippen LogP contribution in [0, 0.1) is 10.1 Å². The molecule has 0 unspecified atom stereocenters. The van der Waals surface area contributed by atoms with Crippen LogP contribution in [0.25, 0.3) is 0 Å². The highest BCUT2D eigenvalue weighted by molar-refractivity contribution is 7.15. The zero-order valence-corrected chi connectivity index (χ0v) is 16.8. The predicted molar refractivity (Wildman–Crippen MR) is 110 cm³/mol. The van der Waals surface area contributed by atoms with Crippen molar-refractivity contribution < 1.29 is 14.5 Å². The van der Waals surface area contributed by atoms with Gasteiger partial charge in [-0.2, -0.15) is 5.10 Å². The van der Waals surface area contributed by atoms with Gasteiger partial charge in [0.05, 0.1) is 17.6 Å². The van der Waals surface area contributed by atoms with Gasteiger partial charge in [-0.1, -0.05) is 37.5 Å². The zero-order valence-electron chi connectivity index (χ0n) is 16.0. The Morgan fingerprint density at radius 2 is 1.93 bits per heavy atom. The Labute approximate surface area is 171 Å². The van der Waals surface area contributed by atoms with Crippen molar-refractivity contribution in [2.24, 2.45) is 5.10 Å². The number of nitro groups is 1. The lowest BCUT2D eigenvalue weighted by molar-refractivity contribution is -0.384. The molecule has 0 bridgehead atoms. The summed E-state index contributed by atoms with van der Waals surface area (Å²) < 4.78 is 0. The molecule has 0 saturated carbocycles. The van der Waals surface area contributed by atoms with Gasteiger partial charge in [0.2, 0.25) is 16.9 Å². The molecule has 0 aliphatic carbocycles. The summed E-state index contributed by atoms with van der Waals surface area (Å²) in [5.41, 5.74) is 2.94. The number of hydrogen-bond donors (Lipinski definition) is 2. The molecular formula is C18H22N6O4S. The Morgan fingerprint density at radius 3 is 2.62 bits per heavy atom. The number of nitrogens with zero attached hydrogens (tertiary/aromatic N) is 4. The molecule has 2 amide bonds. The predicted octanol–water partition coefficient (Wildman–Crippen LogP) is 3.05. The Hall–Kier alpha value is -3.21. The van der Waals surface area contributed by atoms with Crippen LogP contribution in [-0.4, -0.2) is 33.1 Å². The zero-order chi connectivity index (χ0) is 21.1. The van der Waals surface area contributed by atoms with Crippen LogP contribution in [0.5, 0.6) is 0 Å². The molecular weight excluding hydrogens is 396 g/mol. The highest BCUT2D eigenvalue weighted by Crippen LogP contribution is 2.16. The van der Waals surface area contributed by atoms with Crippen LogP contribution in [0.2, 0.25) is 0 Å². The summed E-state index contributed by atoms with van der Waals surface area (Å²) in [6, 6.07) is 5.75. The van der Waals surface area contributed by atoms with E-state index in [0.717, 1.165) is 37.0 Å². The minimum absolute atomic E-state index is 0.0219. The number of hydrogen-bond acceptors (Lipinski definition) is 8. The number of amides is 2. The average Bonchev–Trinajstić information content (AvgIpc) is 3.12. The molecule has 0 radical (unpaired) electrons. The smallest absolute Gasteiger partial charge is 0.269 e. The van der Waals surface area contributed by atoms with Gasteiger partial charge in [-0.05, 0) is 24.1 Å². The first-order chi connectivity index (χ1) is 14.0. The summed E-state index contributed by atoms with van der Waals surface area (Å²) in [5, 5.41) is 25.7. The second-order valence-corrected chi connectivity index (χ2v) is 7.24. The molecule has 0 atom stereocenters. The van der Waals surface area contributed by atoms with E-state index in [1.807, 2.05) is 0 Å². The van der Waals surface area contributed by atoms with E-state index in [-0.39, 0.29) is 18.0 Å². The normalized spacial score (nSPS) is 10.8. The van der Waals surface area contributed by atoms with Crippen LogP contribution in [0.4, 0.5) is 10.8 Å². The molecule has 2 rings (SSSR count). The molecule has 29 heavy (non-hydrogen) atoms. The first-order valence-electron chi connectivity index (χ1n) is 9.16. The number of hydrazone groups is 1. The van der Waals surface area contributed by atoms with Crippen LogP contribution >= 0.6 is 11.3 Å². The molecule has 0 saturated heterocycles. The van der Waals surface area contributed by atoms with E-state index in [1.165, 1.54) is 30.5 Å². The van der Waals surface area contributed by atoms with Crippen LogP contribution in [0.1, 0.15) is 49.6 Å². The van der Waals surface area contributed by atoms with E-state index in [1.54, 1.807) is 0 Å². The van der Waals surface area contributed by atoms with Crippen molar-refractivity contribution >= 4 is 40.2 Å². The number of anilines is 1. The van der Waals surface area contributed by atoms with E-state index in [2.05, 4.69) is 33.0 Å². The second-order valence-electron chi connectivity index (χ2n) is 6.18. The molecule has 2 N–H and O–H groups in total. The van der Waals surface area contributed by atoms with E-state index in [4.69, 9.17) is 0 Å². The lowest BCUT2D eigenvalue weighted by Gasteiger charge is -2.00. The monoisotopic (exact) mass is 418 g/mol. The molecule has 2 aromatic rings. The molecule has 1 aromatic carbocycles. The van der Waals surface area contributed by atoms with Crippen molar-refractivity contribution in [3.05, 3.63) is 45.0 Å². The standard InChI is InChI=1S/C18H22N6O4S/c1-2-3-4-5-6-15(25)20-18-23-22-17(29-18)11-16(26)21-19-12-13-7-9-14(10-8-13)24(27)28/h7-10,12H,2-6,11H2,1H3,(H,21,26)(H,20,23,25)/b19-12-. The fourth-order valence-electron chi connectivity index (χ4n) is 2.31. The van der Waals surface area contributed by atoms with Crippen LogP contribution in [0.3, 0.4) is 0 Å². The third-order valence-corrected chi connectivity index (χ3v) is 4.63. The highest BCUT2D eigenvalue weighted by Gasteiger charge is 2.11. The van der Waals surface area contributed by atoms with Gasteiger partial charge >= 0.3 is 0 Å². The third-order valence-electron chi connectivity index (χ3n) is 3.79. The third kappa shape index (κ3) is 8.13. The summed E-state index contributed by atoms with van der Waals surface area (Å²) in [6.45, 7) is 2.11. The van der Waals surface area contributed by atoms with Crippen LogP contribution < -0.4 is 10.7 Å². The average molecular weight is 418 g/mol. The number of carbonyl (C=O) groups excluding carboxylic acids is 2. The van der Waals surface area contributed by atoms with Crippen LogP contribution in [0.15, 0.2) is 29.4 Å². The molecule has 0 aliphatic rings. The SMILES string of the molecule is CCCCCCC(=O)Nc1nnc(CC(=O)N/N=C\c2ccc([N+](=O)[O-])cc2)s1. The molecule has 0 aliphatic heterocycles. The summed E-state index contributed by atoms with van der Waals surface area (Å²) in [4.78, 5) is 33.9. The Kier molecular flexibility index (Phi) is 8.83. The molecule has 154 valence electrons. The molecule has 10 nitrogen and oxygen atoms in total. The maximum Gasteiger partial charge on any atom is 0.269 e. The quantitative estimate of drug-likeness (QED) is 0.249. The topological polar surface area (TPSA) is 139 Å². The van der Waals surface area contributed by atoms with Crippen molar-refractivity contribution in [3.8, 4) is 0 Å². The van der Waals surface area contributed by atoms with Gasteiger partial charge < -0.3 is 5.32 Å². The Morgan fingerprint density at radius 1 is 1.17 bits per heavy atom. The number of rotatable bonds is 11. The number of nitrogens with one attached hydrogen (secondary N) is 2. The number of benzene rings is 1. The molecule has 0 spiro atoms. The van der Waals surface area contributed by atoms with Gasteiger partial charge in [-0.25, -0.2) is 5.43 Å². The molecule has 1 heterocycles. The van der Waals surface area contributed by atoms with Crippen molar-refractivity contribution in [3.63, 3.8) is 0 Å². The summed E-state index contributed by atoms with van der Waals surface area (Å²) in [6.07, 6.45) is 5.87. The van der Waals surface area contributed by atoms with Gasteiger partial charge in [-0.3, -0.25) is 19.7 Å². The summed E-state index contributed by atoms with van der Waals surface area (Å²) >= 11 is 1.14. The lowest BCUT2D eigenvalue weighted by Crippen LogP contribution is -2.19. The van der Waals surface area contributed by atoms with Gasteiger partial charge in [0, 0.05) is 18.6 Å².